The van der Waals surface area contributed by atoms with Crippen LogP contribution in [0.3, 0.4) is 0 Å². The third-order valence-electron chi connectivity index (χ3n) is 5.19. The van der Waals surface area contributed by atoms with Gasteiger partial charge in [-0.15, -0.1) is 10.2 Å². The van der Waals surface area contributed by atoms with Crippen molar-refractivity contribution >= 4 is 22.5 Å². The number of carbonyl (C=O) groups excluding carboxylic acids is 1. The van der Waals surface area contributed by atoms with Gasteiger partial charge in [-0.25, -0.2) is 0 Å². The largest absolute Gasteiger partial charge is 0.493 e. The molecule has 0 aliphatic carbocycles. The van der Waals surface area contributed by atoms with E-state index in [1.54, 1.807) is 16.7 Å². The topological polar surface area (TPSA) is 85.4 Å². The lowest BCUT2D eigenvalue weighted by Gasteiger charge is -2.12. The highest BCUT2D eigenvalue weighted by molar-refractivity contribution is 5.95. The van der Waals surface area contributed by atoms with Crippen LogP contribution in [0.2, 0.25) is 0 Å². The zero-order valence-corrected chi connectivity index (χ0v) is 18.8. The summed E-state index contributed by atoms with van der Waals surface area (Å²) in [6.45, 7) is 6.10. The third-order valence-corrected chi connectivity index (χ3v) is 5.19. The Morgan fingerprint density at radius 1 is 1.06 bits per heavy atom. The number of nitrogens with zero attached hydrogens (tertiary/aromatic N) is 3. The minimum Gasteiger partial charge on any atom is -0.493 e. The lowest BCUT2D eigenvalue weighted by atomic mass is 10.2. The van der Waals surface area contributed by atoms with Crippen molar-refractivity contribution in [2.45, 2.75) is 13.5 Å². The van der Waals surface area contributed by atoms with Gasteiger partial charge in [0.15, 0.2) is 12.3 Å². The molecule has 3 aromatic carbocycles. The summed E-state index contributed by atoms with van der Waals surface area (Å²) >= 11 is 0. The van der Waals surface area contributed by atoms with E-state index in [2.05, 4.69) is 16.8 Å². The minimum atomic E-state index is -0.555. The highest BCUT2D eigenvalue weighted by Crippen LogP contribution is 2.39. The van der Waals surface area contributed by atoms with E-state index in [0.29, 0.717) is 30.0 Å². The Kier molecular flexibility index (Phi) is 7.03. The maximum atomic E-state index is 12.3. The zero-order chi connectivity index (χ0) is 23.9. The van der Waals surface area contributed by atoms with Crippen LogP contribution in [-0.4, -0.2) is 28.8 Å². The van der Waals surface area contributed by atoms with Crippen molar-refractivity contribution in [1.82, 2.24) is 4.57 Å². The highest BCUT2D eigenvalue weighted by Gasteiger charge is 2.18. The number of aromatic hydroxyl groups is 1. The van der Waals surface area contributed by atoms with Gasteiger partial charge < -0.3 is 19.1 Å². The molecule has 0 atom stereocenters. The predicted molar refractivity (Wildman–Crippen MR) is 131 cm³/mol. The molecule has 7 nitrogen and oxygen atoms in total. The van der Waals surface area contributed by atoms with Gasteiger partial charge in [-0.1, -0.05) is 61.2 Å². The van der Waals surface area contributed by atoms with E-state index in [1.807, 2.05) is 73.7 Å². The molecule has 4 rings (SSSR count). The second kappa shape index (κ2) is 10.5. The van der Waals surface area contributed by atoms with Crippen LogP contribution in [0.15, 0.2) is 95.7 Å². The number of rotatable bonds is 9. The standard InChI is InChI=1S/C27H25N3O4/c1-3-15-33-24-14-7-4-10-20(24)17-30-23-13-6-5-12-22(23)26(27(30)32)29-28-25(31)18-34-21-11-8-9-19(2)16-21/h3-14,16,32H,1,15,17-18H2,2H3. The Bertz CT molecular complexity index is 1360. The summed E-state index contributed by atoms with van der Waals surface area (Å²) in [6, 6.07) is 22.4. The van der Waals surface area contributed by atoms with Crippen LogP contribution in [0.5, 0.6) is 17.4 Å². The van der Waals surface area contributed by atoms with Gasteiger partial charge in [0.2, 0.25) is 5.88 Å². The number of para-hydroxylation sites is 2. The molecule has 1 heterocycles. The van der Waals surface area contributed by atoms with Gasteiger partial charge in [-0.3, -0.25) is 4.79 Å². The Hall–Kier alpha value is -4.39. The van der Waals surface area contributed by atoms with Gasteiger partial charge in [0.25, 0.3) is 0 Å². The normalized spacial score (nSPS) is 11.1. The molecule has 1 amide bonds. The van der Waals surface area contributed by atoms with Gasteiger partial charge in [-0.05, 0) is 36.8 Å². The molecule has 0 fully saturated rings. The number of ether oxygens (including phenoxy) is 2. The SMILES string of the molecule is C=CCOc1ccccc1Cn1c(O)c(N=NC(=O)COc2cccc(C)c2)c2ccccc21. The Morgan fingerprint density at radius 2 is 1.85 bits per heavy atom. The number of azo groups is 1. The van der Waals surface area contributed by atoms with E-state index in [0.717, 1.165) is 16.6 Å². The van der Waals surface area contributed by atoms with Gasteiger partial charge in [0.05, 0.1) is 12.1 Å². The van der Waals surface area contributed by atoms with Crippen LogP contribution in [0.25, 0.3) is 10.9 Å². The number of carbonyl (C=O) groups is 1. The minimum absolute atomic E-state index is 0.0872. The first kappa shape index (κ1) is 22.8. The summed E-state index contributed by atoms with van der Waals surface area (Å²) < 4.78 is 13.0. The molecular formula is C27H25N3O4. The van der Waals surface area contributed by atoms with E-state index >= 15 is 0 Å². The van der Waals surface area contributed by atoms with Gasteiger partial charge >= 0.3 is 5.91 Å². The van der Waals surface area contributed by atoms with Crippen molar-refractivity contribution in [2.24, 2.45) is 10.2 Å². The number of aromatic nitrogens is 1. The van der Waals surface area contributed by atoms with Crippen molar-refractivity contribution in [3.63, 3.8) is 0 Å². The van der Waals surface area contributed by atoms with Crippen molar-refractivity contribution in [3.8, 4) is 17.4 Å². The van der Waals surface area contributed by atoms with Crippen LogP contribution >= 0.6 is 0 Å². The fourth-order valence-electron chi connectivity index (χ4n) is 3.61. The second-order valence-corrected chi connectivity index (χ2v) is 7.68. The van der Waals surface area contributed by atoms with E-state index in [1.165, 1.54) is 0 Å². The van der Waals surface area contributed by atoms with Gasteiger partial charge in [0, 0.05) is 10.9 Å². The van der Waals surface area contributed by atoms with Crippen LogP contribution in [0.4, 0.5) is 5.69 Å². The van der Waals surface area contributed by atoms with E-state index in [4.69, 9.17) is 9.47 Å². The third kappa shape index (κ3) is 5.15. The molecule has 1 aromatic heterocycles. The first-order valence-corrected chi connectivity index (χ1v) is 10.8. The molecule has 0 bridgehead atoms. The number of hydrogen-bond acceptors (Lipinski definition) is 5. The average Bonchev–Trinajstić information content (AvgIpc) is 3.11. The van der Waals surface area contributed by atoms with Gasteiger partial charge in [-0.2, -0.15) is 0 Å². The Labute approximate surface area is 197 Å². The predicted octanol–water partition coefficient (Wildman–Crippen LogP) is 5.96. The summed E-state index contributed by atoms with van der Waals surface area (Å²) in [7, 11) is 0. The van der Waals surface area contributed by atoms with Crippen LogP contribution in [0, 0.1) is 6.92 Å². The van der Waals surface area contributed by atoms with Crippen molar-refractivity contribution in [2.75, 3.05) is 13.2 Å². The number of benzene rings is 3. The molecule has 0 spiro atoms. The summed E-state index contributed by atoms with van der Waals surface area (Å²) in [5, 5.41) is 19.5. The molecule has 0 radical (unpaired) electrons. The van der Waals surface area contributed by atoms with Gasteiger partial charge in [0.1, 0.15) is 18.1 Å². The summed E-state index contributed by atoms with van der Waals surface area (Å²) in [5.41, 5.74) is 2.90. The second-order valence-electron chi connectivity index (χ2n) is 7.68. The first-order valence-electron chi connectivity index (χ1n) is 10.8. The maximum absolute atomic E-state index is 12.3. The number of amides is 1. The molecule has 0 aliphatic heterocycles. The molecule has 0 aliphatic rings. The molecular weight excluding hydrogens is 430 g/mol. The Balaban J connectivity index is 1.58. The molecule has 172 valence electrons. The molecule has 0 unspecified atom stereocenters. The first-order chi connectivity index (χ1) is 16.6. The van der Waals surface area contributed by atoms with Crippen molar-refractivity contribution in [3.05, 3.63) is 96.6 Å². The lowest BCUT2D eigenvalue weighted by Crippen LogP contribution is -2.07. The van der Waals surface area contributed by atoms with E-state index in [-0.39, 0.29) is 18.2 Å². The van der Waals surface area contributed by atoms with Crippen molar-refractivity contribution in [1.29, 1.82) is 0 Å². The number of aryl methyl sites for hydroxylation is 1. The number of fused-ring (bicyclic) bond motifs is 1. The van der Waals surface area contributed by atoms with Crippen LogP contribution in [0.1, 0.15) is 11.1 Å². The quantitative estimate of drug-likeness (QED) is 0.249. The monoisotopic (exact) mass is 455 g/mol. The average molecular weight is 456 g/mol. The van der Waals surface area contributed by atoms with E-state index in [9.17, 15) is 9.90 Å². The molecule has 0 saturated carbocycles. The van der Waals surface area contributed by atoms with Crippen molar-refractivity contribution < 1.29 is 19.4 Å². The summed E-state index contributed by atoms with van der Waals surface area (Å²) in [4.78, 5) is 12.3. The Morgan fingerprint density at radius 3 is 2.68 bits per heavy atom. The van der Waals surface area contributed by atoms with Crippen LogP contribution in [-0.2, 0) is 11.3 Å². The van der Waals surface area contributed by atoms with Crippen LogP contribution < -0.4 is 9.47 Å². The van der Waals surface area contributed by atoms with E-state index < -0.39 is 5.91 Å². The molecule has 1 N–H and O–H groups in total. The molecule has 34 heavy (non-hydrogen) atoms. The summed E-state index contributed by atoms with van der Waals surface area (Å²) in [6.07, 6.45) is 1.68. The smallest absolute Gasteiger partial charge is 0.302 e. The number of hydrogen-bond donors (Lipinski definition) is 1. The lowest BCUT2D eigenvalue weighted by molar-refractivity contribution is -0.120. The maximum Gasteiger partial charge on any atom is 0.302 e. The molecule has 7 heteroatoms. The highest BCUT2D eigenvalue weighted by atomic mass is 16.5. The zero-order valence-electron chi connectivity index (χ0n) is 18.8. The molecule has 4 aromatic rings. The fourth-order valence-corrected chi connectivity index (χ4v) is 3.61. The molecule has 0 saturated heterocycles. The summed E-state index contributed by atoms with van der Waals surface area (Å²) in [5.74, 6) is 0.642. The fraction of sp³-hybridized carbons (Fsp3) is 0.148.